The van der Waals surface area contributed by atoms with Gasteiger partial charge in [-0.1, -0.05) is 0 Å². The van der Waals surface area contributed by atoms with Gasteiger partial charge in [0.1, 0.15) is 6.61 Å². The lowest BCUT2D eigenvalue weighted by atomic mass is 10.2. The quantitative estimate of drug-likeness (QED) is 0.832. The molecule has 0 aliphatic carbocycles. The monoisotopic (exact) mass is 399 g/mol. The molecule has 1 atom stereocenters. The van der Waals surface area contributed by atoms with Crippen LogP contribution in [-0.4, -0.2) is 80.6 Å². The Morgan fingerprint density at radius 3 is 2.64 bits per heavy atom. The number of benzene rings is 1. The topological polar surface area (TPSA) is 80.3 Å². The van der Waals surface area contributed by atoms with E-state index in [9.17, 15) is 18.4 Å². The van der Waals surface area contributed by atoms with Crippen LogP contribution >= 0.6 is 0 Å². The molecule has 2 fully saturated rings. The number of carbonyl (C=O) groups is 2. The van der Waals surface area contributed by atoms with Gasteiger partial charge in [0.25, 0.3) is 0 Å². The maximum Gasteiger partial charge on any atom is 0.322 e. The van der Waals surface area contributed by atoms with Crippen molar-refractivity contribution in [3.63, 3.8) is 0 Å². The summed E-state index contributed by atoms with van der Waals surface area (Å²) in [4.78, 5) is 27.9. The van der Waals surface area contributed by atoms with Crippen molar-refractivity contribution in [1.29, 1.82) is 0 Å². The SMILES string of the molecule is COCC(=O)N1CCOC2(C1)CN(C(=O)Nc1ccc(F)c(F)c1)CCCO2. The van der Waals surface area contributed by atoms with E-state index >= 15 is 0 Å². The minimum Gasteiger partial charge on any atom is -0.375 e. The van der Waals surface area contributed by atoms with E-state index in [2.05, 4.69) is 5.32 Å². The lowest BCUT2D eigenvalue weighted by molar-refractivity contribution is -0.262. The highest BCUT2D eigenvalue weighted by molar-refractivity contribution is 5.89. The first-order valence-electron chi connectivity index (χ1n) is 8.98. The van der Waals surface area contributed by atoms with Gasteiger partial charge in [-0.2, -0.15) is 0 Å². The molecule has 0 saturated carbocycles. The first-order chi connectivity index (χ1) is 13.4. The van der Waals surface area contributed by atoms with Crippen LogP contribution in [0.2, 0.25) is 0 Å². The van der Waals surface area contributed by atoms with Crippen LogP contribution in [0.5, 0.6) is 0 Å². The fourth-order valence-corrected chi connectivity index (χ4v) is 3.25. The normalized spacial score (nSPS) is 22.8. The predicted molar refractivity (Wildman–Crippen MR) is 94.7 cm³/mol. The number of rotatable bonds is 3. The molecule has 154 valence electrons. The number of carbonyl (C=O) groups excluding carboxylic acids is 2. The number of halogens is 2. The van der Waals surface area contributed by atoms with Crippen LogP contribution in [0.25, 0.3) is 0 Å². The number of hydrogen-bond acceptors (Lipinski definition) is 5. The molecule has 2 heterocycles. The van der Waals surface area contributed by atoms with E-state index in [1.54, 1.807) is 4.90 Å². The Bertz CT molecular complexity index is 735. The summed E-state index contributed by atoms with van der Waals surface area (Å²) in [5, 5.41) is 2.55. The summed E-state index contributed by atoms with van der Waals surface area (Å²) in [6, 6.07) is 2.66. The number of anilines is 1. The number of hydrogen-bond donors (Lipinski definition) is 1. The third-order valence-corrected chi connectivity index (χ3v) is 4.61. The molecule has 1 spiro atoms. The van der Waals surface area contributed by atoms with Crippen LogP contribution in [0.1, 0.15) is 6.42 Å². The average molecular weight is 399 g/mol. The zero-order valence-electron chi connectivity index (χ0n) is 15.6. The van der Waals surface area contributed by atoms with Crippen molar-refractivity contribution in [3.05, 3.63) is 29.8 Å². The molecule has 0 aromatic heterocycles. The lowest BCUT2D eigenvalue weighted by Crippen LogP contribution is -2.60. The highest BCUT2D eigenvalue weighted by Crippen LogP contribution is 2.25. The molecule has 1 aromatic carbocycles. The zero-order chi connectivity index (χ0) is 20.1. The minimum atomic E-state index is -1.14. The Morgan fingerprint density at radius 1 is 1.14 bits per heavy atom. The third kappa shape index (κ3) is 4.75. The molecule has 28 heavy (non-hydrogen) atoms. The van der Waals surface area contributed by atoms with Crippen molar-refractivity contribution in [2.75, 3.05) is 58.4 Å². The highest BCUT2D eigenvalue weighted by atomic mass is 19.2. The minimum absolute atomic E-state index is 0.0452. The van der Waals surface area contributed by atoms with Gasteiger partial charge in [-0.05, 0) is 18.6 Å². The molecular formula is C18H23F2N3O5. The lowest BCUT2D eigenvalue weighted by Gasteiger charge is -2.43. The first kappa shape index (κ1) is 20.4. The molecule has 2 aliphatic heterocycles. The zero-order valence-corrected chi connectivity index (χ0v) is 15.6. The maximum absolute atomic E-state index is 13.4. The molecule has 3 amide bonds. The fraction of sp³-hybridized carbons (Fsp3) is 0.556. The average Bonchev–Trinajstić information content (AvgIpc) is 2.87. The highest BCUT2D eigenvalue weighted by Gasteiger charge is 2.43. The van der Waals surface area contributed by atoms with Gasteiger partial charge in [0.05, 0.1) is 26.3 Å². The second-order valence-corrected chi connectivity index (χ2v) is 6.69. The Labute approximate surface area is 161 Å². The second kappa shape index (κ2) is 8.80. The molecule has 0 bridgehead atoms. The number of methoxy groups -OCH3 is 1. The summed E-state index contributed by atoms with van der Waals surface area (Å²) in [6.07, 6.45) is 0.572. The van der Waals surface area contributed by atoms with Gasteiger partial charge in [0.2, 0.25) is 11.7 Å². The Hall–Kier alpha value is -2.30. The van der Waals surface area contributed by atoms with Crippen molar-refractivity contribution in [2.45, 2.75) is 12.2 Å². The van der Waals surface area contributed by atoms with Crippen LogP contribution in [-0.2, 0) is 19.0 Å². The van der Waals surface area contributed by atoms with Gasteiger partial charge in [-0.25, -0.2) is 13.6 Å². The van der Waals surface area contributed by atoms with Crippen LogP contribution in [0.4, 0.5) is 19.3 Å². The summed E-state index contributed by atoms with van der Waals surface area (Å²) >= 11 is 0. The Kier molecular flexibility index (Phi) is 6.42. The van der Waals surface area contributed by atoms with E-state index in [0.717, 1.165) is 12.1 Å². The molecule has 1 unspecified atom stereocenters. The maximum atomic E-state index is 13.4. The number of urea groups is 1. The second-order valence-electron chi connectivity index (χ2n) is 6.69. The molecule has 3 rings (SSSR count). The molecule has 2 saturated heterocycles. The number of ether oxygens (including phenoxy) is 3. The summed E-state index contributed by atoms with van der Waals surface area (Å²) in [6.45, 7) is 1.66. The fourth-order valence-electron chi connectivity index (χ4n) is 3.25. The van der Waals surface area contributed by atoms with Crippen molar-refractivity contribution in [1.82, 2.24) is 9.80 Å². The van der Waals surface area contributed by atoms with Gasteiger partial charge in [-0.3, -0.25) is 4.79 Å². The van der Waals surface area contributed by atoms with Gasteiger partial charge in [0, 0.05) is 32.0 Å². The van der Waals surface area contributed by atoms with E-state index in [-0.39, 0.29) is 37.9 Å². The van der Waals surface area contributed by atoms with Crippen molar-refractivity contribution in [3.8, 4) is 0 Å². The summed E-state index contributed by atoms with van der Waals surface area (Å²) < 4.78 is 43.0. The van der Waals surface area contributed by atoms with Gasteiger partial charge >= 0.3 is 6.03 Å². The first-order valence-corrected chi connectivity index (χ1v) is 8.98. The number of nitrogens with one attached hydrogen (secondary N) is 1. The molecule has 0 radical (unpaired) electrons. The standard InChI is InChI=1S/C18H23F2N3O5/c1-26-10-16(24)22-6-8-28-18(11-22)12-23(5-2-7-27-18)17(25)21-13-3-4-14(19)15(20)9-13/h3-4,9H,2,5-8,10-12H2,1H3,(H,21,25). The van der Waals surface area contributed by atoms with Crippen molar-refractivity contribution < 1.29 is 32.6 Å². The molecule has 1 aromatic rings. The molecular weight excluding hydrogens is 376 g/mol. The van der Waals surface area contributed by atoms with Crippen molar-refractivity contribution in [2.24, 2.45) is 0 Å². The number of morpholine rings is 1. The summed E-state index contributed by atoms with van der Waals surface area (Å²) in [5.74, 6) is -3.35. The molecule has 2 aliphatic rings. The van der Waals surface area contributed by atoms with E-state index in [1.807, 2.05) is 0 Å². The van der Waals surface area contributed by atoms with Gasteiger partial charge in [-0.15, -0.1) is 0 Å². The van der Waals surface area contributed by atoms with E-state index in [1.165, 1.54) is 18.1 Å². The molecule has 10 heteroatoms. The van der Waals surface area contributed by atoms with Crippen LogP contribution in [0.3, 0.4) is 0 Å². The molecule has 1 N–H and O–H groups in total. The van der Waals surface area contributed by atoms with E-state index in [0.29, 0.717) is 26.1 Å². The molecule has 8 nitrogen and oxygen atoms in total. The van der Waals surface area contributed by atoms with Gasteiger partial charge < -0.3 is 29.3 Å². The van der Waals surface area contributed by atoms with E-state index < -0.39 is 23.5 Å². The van der Waals surface area contributed by atoms with Crippen LogP contribution in [0.15, 0.2) is 18.2 Å². The Balaban J connectivity index is 1.69. The number of amides is 3. The van der Waals surface area contributed by atoms with E-state index in [4.69, 9.17) is 14.2 Å². The third-order valence-electron chi connectivity index (χ3n) is 4.61. The van der Waals surface area contributed by atoms with Gasteiger partial charge in [0.15, 0.2) is 11.6 Å². The smallest absolute Gasteiger partial charge is 0.322 e. The predicted octanol–water partition coefficient (Wildman–Crippen LogP) is 1.42. The summed E-state index contributed by atoms with van der Waals surface area (Å²) in [5.41, 5.74) is 0.143. The van der Waals surface area contributed by atoms with Crippen LogP contribution in [0, 0.1) is 11.6 Å². The van der Waals surface area contributed by atoms with Crippen LogP contribution < -0.4 is 5.32 Å². The van der Waals surface area contributed by atoms with Crippen molar-refractivity contribution >= 4 is 17.6 Å². The largest absolute Gasteiger partial charge is 0.375 e. The Morgan fingerprint density at radius 2 is 1.89 bits per heavy atom. The number of nitrogens with zero attached hydrogens (tertiary/aromatic N) is 2. The summed E-state index contributed by atoms with van der Waals surface area (Å²) in [7, 11) is 1.45.